The van der Waals surface area contributed by atoms with E-state index in [1.807, 2.05) is 20.8 Å². The van der Waals surface area contributed by atoms with Gasteiger partial charge in [-0.3, -0.25) is 5.43 Å². The summed E-state index contributed by atoms with van der Waals surface area (Å²) in [4.78, 5) is 14.2. The van der Waals surface area contributed by atoms with E-state index in [2.05, 4.69) is 28.5 Å². The number of ether oxygens (including phenoxy) is 1. The molecule has 6 nitrogen and oxygen atoms in total. The molecular formula is C19H24N4O2. The molecule has 3 aliphatic heterocycles. The highest BCUT2D eigenvalue weighted by atomic mass is 16.6. The molecule has 0 unspecified atom stereocenters. The Labute approximate surface area is 148 Å². The zero-order valence-corrected chi connectivity index (χ0v) is 15.0. The number of hydrogen-bond donors (Lipinski definition) is 2. The van der Waals surface area contributed by atoms with Crippen molar-refractivity contribution in [2.24, 2.45) is 5.10 Å². The molecule has 132 valence electrons. The van der Waals surface area contributed by atoms with E-state index >= 15 is 0 Å². The SMILES string of the molecule is C=C1NN=C2C3=C(CN(C(=O)OC(C)(C)C)CC3)NC3=CCCC1=C32. The van der Waals surface area contributed by atoms with Crippen LogP contribution in [-0.2, 0) is 4.74 Å². The van der Waals surface area contributed by atoms with Gasteiger partial charge in [0.2, 0.25) is 0 Å². The van der Waals surface area contributed by atoms with E-state index in [0.29, 0.717) is 13.1 Å². The summed E-state index contributed by atoms with van der Waals surface area (Å²) < 4.78 is 5.52. The second-order valence-electron chi connectivity index (χ2n) is 7.79. The van der Waals surface area contributed by atoms with Gasteiger partial charge in [0, 0.05) is 29.1 Å². The van der Waals surface area contributed by atoms with Gasteiger partial charge in [0.05, 0.1) is 18.0 Å². The van der Waals surface area contributed by atoms with Gasteiger partial charge in [-0.15, -0.1) is 0 Å². The van der Waals surface area contributed by atoms with Gasteiger partial charge in [-0.05, 0) is 45.6 Å². The summed E-state index contributed by atoms with van der Waals surface area (Å²) in [6.45, 7) is 10.9. The first-order valence-corrected chi connectivity index (χ1v) is 8.78. The summed E-state index contributed by atoms with van der Waals surface area (Å²) in [6, 6.07) is 0. The molecule has 0 atom stereocenters. The van der Waals surface area contributed by atoms with E-state index in [9.17, 15) is 4.79 Å². The lowest BCUT2D eigenvalue weighted by Crippen LogP contribution is -2.47. The maximum Gasteiger partial charge on any atom is 0.410 e. The zero-order valence-electron chi connectivity index (χ0n) is 15.0. The van der Waals surface area contributed by atoms with Crippen LogP contribution in [0.5, 0.6) is 0 Å². The molecule has 0 saturated carbocycles. The number of rotatable bonds is 0. The summed E-state index contributed by atoms with van der Waals surface area (Å²) in [5.41, 5.74) is 10.2. The van der Waals surface area contributed by atoms with Crippen LogP contribution in [0.25, 0.3) is 0 Å². The molecule has 1 aliphatic carbocycles. The second kappa shape index (κ2) is 5.51. The van der Waals surface area contributed by atoms with E-state index in [-0.39, 0.29) is 6.09 Å². The first-order chi connectivity index (χ1) is 11.8. The van der Waals surface area contributed by atoms with Crippen LogP contribution >= 0.6 is 0 Å². The van der Waals surface area contributed by atoms with Gasteiger partial charge in [0.1, 0.15) is 5.60 Å². The molecule has 4 aliphatic rings. The van der Waals surface area contributed by atoms with Crippen molar-refractivity contribution in [1.29, 1.82) is 0 Å². The van der Waals surface area contributed by atoms with E-state index in [0.717, 1.165) is 42.1 Å². The fraction of sp³-hybridized carbons (Fsp3) is 0.474. The number of carbonyl (C=O) groups is 1. The van der Waals surface area contributed by atoms with Crippen LogP contribution < -0.4 is 10.7 Å². The second-order valence-corrected chi connectivity index (χ2v) is 7.79. The summed E-state index contributed by atoms with van der Waals surface area (Å²) in [5.74, 6) is 0. The molecule has 6 heteroatoms. The van der Waals surface area contributed by atoms with Crippen molar-refractivity contribution in [3.05, 3.63) is 46.5 Å². The summed E-state index contributed by atoms with van der Waals surface area (Å²) in [7, 11) is 0. The lowest BCUT2D eigenvalue weighted by Gasteiger charge is -2.39. The number of allylic oxidation sites excluding steroid dienone is 3. The fourth-order valence-electron chi connectivity index (χ4n) is 3.69. The Bertz CT molecular complexity index is 793. The van der Waals surface area contributed by atoms with Crippen molar-refractivity contribution in [1.82, 2.24) is 15.6 Å². The molecule has 2 N–H and O–H groups in total. The third-order valence-electron chi connectivity index (χ3n) is 4.79. The Balaban J connectivity index is 1.64. The standard InChI is InChI=1S/C19H24N4O2/c1-11-12-6-5-7-14-16(12)17(22-21-11)13-8-9-23(10-15(13)20-14)18(24)25-19(2,3)4/h7,20-21H,1,5-6,8-10H2,2-4H3. The highest BCUT2D eigenvalue weighted by molar-refractivity contribution is 6.18. The predicted octanol–water partition coefficient (Wildman–Crippen LogP) is 2.93. The molecular weight excluding hydrogens is 316 g/mol. The minimum atomic E-state index is -0.486. The number of hydrazone groups is 1. The third kappa shape index (κ3) is 2.75. The zero-order chi connectivity index (χ0) is 17.8. The van der Waals surface area contributed by atoms with E-state index < -0.39 is 5.60 Å². The largest absolute Gasteiger partial charge is 0.444 e. The number of amides is 1. The predicted molar refractivity (Wildman–Crippen MR) is 96.6 cm³/mol. The Morgan fingerprint density at radius 2 is 2.12 bits per heavy atom. The molecule has 0 aromatic heterocycles. The molecule has 3 heterocycles. The molecule has 0 fully saturated rings. The van der Waals surface area contributed by atoms with Crippen molar-refractivity contribution >= 4 is 11.8 Å². The van der Waals surface area contributed by atoms with Crippen LogP contribution in [0, 0.1) is 0 Å². The maximum atomic E-state index is 12.4. The quantitative estimate of drug-likeness (QED) is 0.711. The summed E-state index contributed by atoms with van der Waals surface area (Å²) in [6.07, 6.45) is 4.67. The Morgan fingerprint density at radius 3 is 2.88 bits per heavy atom. The van der Waals surface area contributed by atoms with Crippen LogP contribution in [0.4, 0.5) is 4.79 Å². The lowest BCUT2D eigenvalue weighted by molar-refractivity contribution is 0.0258. The highest BCUT2D eigenvalue weighted by Gasteiger charge is 2.37. The van der Waals surface area contributed by atoms with Gasteiger partial charge >= 0.3 is 6.09 Å². The molecule has 25 heavy (non-hydrogen) atoms. The monoisotopic (exact) mass is 340 g/mol. The van der Waals surface area contributed by atoms with E-state index in [1.165, 1.54) is 16.7 Å². The molecule has 0 aromatic rings. The van der Waals surface area contributed by atoms with Gasteiger partial charge in [0.15, 0.2) is 0 Å². The fourth-order valence-corrected chi connectivity index (χ4v) is 3.69. The van der Waals surface area contributed by atoms with Crippen molar-refractivity contribution < 1.29 is 9.53 Å². The van der Waals surface area contributed by atoms with Gasteiger partial charge in [-0.2, -0.15) is 5.10 Å². The number of hydrogen-bond acceptors (Lipinski definition) is 5. The number of nitrogens with zero attached hydrogens (tertiary/aromatic N) is 2. The van der Waals surface area contributed by atoms with Gasteiger partial charge in [-0.25, -0.2) is 4.79 Å². The molecule has 0 bridgehead atoms. The topological polar surface area (TPSA) is 66.0 Å². The maximum absolute atomic E-state index is 12.4. The van der Waals surface area contributed by atoms with Crippen LogP contribution in [0.3, 0.4) is 0 Å². The van der Waals surface area contributed by atoms with Crippen LogP contribution in [0.1, 0.15) is 40.0 Å². The molecule has 4 rings (SSSR count). The van der Waals surface area contributed by atoms with Crippen molar-refractivity contribution in [2.45, 2.75) is 45.6 Å². The minimum Gasteiger partial charge on any atom is -0.444 e. The van der Waals surface area contributed by atoms with Gasteiger partial charge in [-0.1, -0.05) is 12.7 Å². The summed E-state index contributed by atoms with van der Waals surface area (Å²) >= 11 is 0. The number of carbonyl (C=O) groups excluding carboxylic acids is 1. The number of fused-ring (bicyclic) bond motifs is 1. The van der Waals surface area contributed by atoms with Crippen molar-refractivity contribution in [3.63, 3.8) is 0 Å². The van der Waals surface area contributed by atoms with Gasteiger partial charge in [0.25, 0.3) is 0 Å². The van der Waals surface area contributed by atoms with Crippen molar-refractivity contribution in [3.8, 4) is 0 Å². The average molecular weight is 340 g/mol. The molecule has 0 spiro atoms. The minimum absolute atomic E-state index is 0.266. The Hall–Kier alpha value is -2.50. The number of nitrogens with one attached hydrogen (secondary N) is 2. The summed E-state index contributed by atoms with van der Waals surface area (Å²) in [5, 5.41) is 8.10. The highest BCUT2D eigenvalue weighted by Crippen LogP contribution is 2.38. The Kier molecular flexibility index (Phi) is 3.52. The van der Waals surface area contributed by atoms with E-state index in [4.69, 9.17) is 4.74 Å². The van der Waals surface area contributed by atoms with Crippen LogP contribution in [0.2, 0.25) is 0 Å². The Morgan fingerprint density at radius 1 is 1.32 bits per heavy atom. The molecule has 1 amide bonds. The van der Waals surface area contributed by atoms with Gasteiger partial charge < -0.3 is 15.0 Å². The molecule has 0 saturated heterocycles. The molecule has 0 radical (unpaired) electrons. The van der Waals surface area contributed by atoms with Crippen LogP contribution in [0.15, 0.2) is 51.6 Å². The average Bonchev–Trinajstić information content (AvgIpc) is 2.55. The first-order valence-electron chi connectivity index (χ1n) is 8.78. The van der Waals surface area contributed by atoms with Crippen molar-refractivity contribution in [2.75, 3.05) is 13.1 Å². The normalized spacial score (nSPS) is 22.4. The lowest BCUT2D eigenvalue weighted by atomic mass is 9.81. The first kappa shape index (κ1) is 16.0. The van der Waals surface area contributed by atoms with Crippen LogP contribution in [-0.4, -0.2) is 35.4 Å². The molecule has 0 aromatic carbocycles. The van der Waals surface area contributed by atoms with E-state index in [1.54, 1.807) is 4.90 Å². The third-order valence-corrected chi connectivity index (χ3v) is 4.79. The smallest absolute Gasteiger partial charge is 0.410 e.